The van der Waals surface area contributed by atoms with E-state index in [-0.39, 0.29) is 35.5 Å². The van der Waals surface area contributed by atoms with Gasteiger partial charge in [-0.25, -0.2) is 19.7 Å². The predicted octanol–water partition coefficient (Wildman–Crippen LogP) is 7.88. The van der Waals surface area contributed by atoms with Crippen LogP contribution in [0.2, 0.25) is 0 Å². The molecule has 0 amide bonds. The number of nitrogens with zero attached hydrogens (tertiary/aromatic N) is 11. The summed E-state index contributed by atoms with van der Waals surface area (Å²) in [7, 11) is 0. The van der Waals surface area contributed by atoms with Gasteiger partial charge in [0.2, 0.25) is 5.65 Å². The molecule has 0 fully saturated rings. The van der Waals surface area contributed by atoms with Crippen LogP contribution in [0.3, 0.4) is 0 Å². The molecule has 0 bridgehead atoms. The quantitative estimate of drug-likeness (QED) is 0.169. The van der Waals surface area contributed by atoms with Gasteiger partial charge in [0.1, 0.15) is 27.8 Å². The summed E-state index contributed by atoms with van der Waals surface area (Å²) in [6, 6.07) is 22.8. The van der Waals surface area contributed by atoms with Crippen LogP contribution in [0.25, 0.3) is 44.5 Å². The molecule has 0 saturated carbocycles. The first-order valence-electron chi connectivity index (χ1n) is 18.0. The lowest BCUT2D eigenvalue weighted by Crippen LogP contribution is -2.32. The molecule has 15 heteroatoms. The van der Waals surface area contributed by atoms with Crippen molar-refractivity contribution in [2.45, 2.75) is 113 Å². The van der Waals surface area contributed by atoms with E-state index >= 15 is 0 Å². The fourth-order valence-corrected chi connectivity index (χ4v) is 5.23. The molecule has 0 aliphatic rings. The van der Waals surface area contributed by atoms with E-state index in [1.807, 2.05) is 135 Å². The number of imidazole rings is 1. The minimum Gasteiger partial charge on any atom is -0.408 e. The Kier molecular flexibility index (Phi) is 12.7. The first-order valence-corrected chi connectivity index (χ1v) is 18.0. The van der Waals surface area contributed by atoms with Crippen LogP contribution in [0, 0.1) is 0 Å². The summed E-state index contributed by atoms with van der Waals surface area (Å²) in [4.78, 5) is 38.1. The normalized spacial score (nSPS) is 11.9. The lowest BCUT2D eigenvalue weighted by Gasteiger charge is -2.21. The van der Waals surface area contributed by atoms with E-state index in [2.05, 4.69) is 60.9 Å². The third kappa shape index (κ3) is 10.8. The highest BCUT2D eigenvalue weighted by atomic mass is 16.7. The van der Waals surface area contributed by atoms with Crippen molar-refractivity contribution in [3.63, 3.8) is 0 Å². The molecule has 0 unspecified atom stereocenters. The molecule has 2 aromatic carbocycles. The molecular weight excluding hydrogens is 711 g/mol. The van der Waals surface area contributed by atoms with Gasteiger partial charge in [0, 0.05) is 23.5 Å². The second kappa shape index (κ2) is 16.7. The summed E-state index contributed by atoms with van der Waals surface area (Å²) in [6.07, 6.45) is 5.30. The number of benzene rings is 2. The van der Waals surface area contributed by atoms with Crippen LogP contribution in [0.1, 0.15) is 90.5 Å². The molecule has 0 aliphatic heterocycles. The summed E-state index contributed by atoms with van der Waals surface area (Å²) in [5.41, 5.74) is 5.76. The topological polar surface area (TPSA) is 159 Å². The van der Waals surface area contributed by atoms with Crippen LogP contribution in [-0.2, 0) is 11.1 Å². The average molecular weight is 766 g/mol. The summed E-state index contributed by atoms with van der Waals surface area (Å²) in [5, 5.41) is 15.7. The van der Waals surface area contributed by atoms with E-state index in [4.69, 9.17) is 14.1 Å². The molecule has 8 rings (SSSR count). The van der Waals surface area contributed by atoms with Crippen LogP contribution in [0.15, 0.2) is 101 Å². The van der Waals surface area contributed by atoms with Crippen molar-refractivity contribution < 1.29 is 14.1 Å². The van der Waals surface area contributed by atoms with Crippen LogP contribution < -0.4 is 15.4 Å². The van der Waals surface area contributed by atoms with Crippen molar-refractivity contribution in [1.82, 2.24) is 54.4 Å². The minimum absolute atomic E-state index is 0. The summed E-state index contributed by atoms with van der Waals surface area (Å²) in [5.74, 6) is -0.293. The molecule has 0 atom stereocenters. The molecule has 0 saturated heterocycles. The maximum Gasteiger partial charge on any atom is 0.420 e. The first kappa shape index (κ1) is 42.6. The molecular formula is C41H55N11O4. The largest absolute Gasteiger partial charge is 0.420 e. The van der Waals surface area contributed by atoms with E-state index in [1.165, 1.54) is 9.69 Å². The molecule has 0 aliphatic carbocycles. The van der Waals surface area contributed by atoms with Gasteiger partial charge in [0.05, 0.1) is 17.4 Å². The van der Waals surface area contributed by atoms with Crippen molar-refractivity contribution in [3.8, 4) is 0 Å². The Morgan fingerprint density at radius 2 is 1.11 bits per heavy atom. The Labute approximate surface area is 327 Å². The minimum atomic E-state index is -0.307. The van der Waals surface area contributed by atoms with Crippen LogP contribution in [0.5, 0.6) is 0 Å². The molecule has 298 valence electrons. The maximum absolute atomic E-state index is 11.6. The number of oxazole rings is 1. The number of aromatic nitrogens is 11. The third-order valence-electron chi connectivity index (χ3n) is 7.42. The standard InChI is InChI=1S/C11H13NO2.C10H13N3O.C10H13N3.C9H12N4O.CH4/c1-11(2,3)12-8-6-4-5-7-9(8)14-10(12)13;1-10(2,3)14-13-9-7-5-4-6-8(9)11-12-13;1-10(2,3)13-7-12-9-8(13)5-4-6-11-9;1-9(2,3)14-13-8-7(11-12-13)5-4-6-10-8;/h2*4-7H,1-3H3;4-7H,1-3H3;4-6H,1-3H3;1H4. The molecule has 15 nitrogen and oxygen atoms in total. The Morgan fingerprint density at radius 1 is 0.571 bits per heavy atom. The second-order valence-corrected chi connectivity index (χ2v) is 16.6. The number of pyridine rings is 2. The molecule has 0 spiro atoms. The molecule has 6 aromatic heterocycles. The third-order valence-corrected chi connectivity index (χ3v) is 7.42. The molecule has 6 heterocycles. The number of fused-ring (bicyclic) bond motifs is 4. The van der Waals surface area contributed by atoms with Gasteiger partial charge in [0.25, 0.3) is 0 Å². The van der Waals surface area contributed by atoms with E-state index in [0.717, 1.165) is 33.2 Å². The Balaban J connectivity index is 0.000000165. The van der Waals surface area contributed by atoms with Gasteiger partial charge in [-0.1, -0.05) is 41.4 Å². The molecule has 8 aromatic rings. The zero-order valence-corrected chi connectivity index (χ0v) is 33.7. The van der Waals surface area contributed by atoms with Crippen molar-refractivity contribution in [2.75, 3.05) is 0 Å². The predicted molar refractivity (Wildman–Crippen MR) is 220 cm³/mol. The van der Waals surface area contributed by atoms with E-state index in [1.54, 1.807) is 23.0 Å². The zero-order chi connectivity index (χ0) is 40.2. The van der Waals surface area contributed by atoms with Crippen molar-refractivity contribution in [2.24, 2.45) is 0 Å². The highest BCUT2D eigenvalue weighted by Crippen LogP contribution is 2.21. The van der Waals surface area contributed by atoms with Gasteiger partial charge in [-0.2, -0.15) is 0 Å². The SMILES string of the molecule is C.CC(C)(C)On1nnc2ccccc21.CC(C)(C)On1nnc2cccnc21.CC(C)(C)n1c(=O)oc2ccccc21.CC(C)(C)n1cnc2ncccc21. The van der Waals surface area contributed by atoms with Crippen LogP contribution in [-0.4, -0.2) is 65.6 Å². The summed E-state index contributed by atoms with van der Waals surface area (Å²) in [6.45, 7) is 24.2. The monoisotopic (exact) mass is 765 g/mol. The second-order valence-electron chi connectivity index (χ2n) is 16.6. The molecule has 0 radical (unpaired) electrons. The Hall–Kier alpha value is -6.12. The average Bonchev–Trinajstić information content (AvgIpc) is 3.88. The van der Waals surface area contributed by atoms with E-state index < -0.39 is 0 Å². The van der Waals surface area contributed by atoms with Crippen LogP contribution >= 0.6 is 0 Å². The van der Waals surface area contributed by atoms with E-state index in [9.17, 15) is 4.79 Å². The fourth-order valence-electron chi connectivity index (χ4n) is 5.23. The summed E-state index contributed by atoms with van der Waals surface area (Å²) >= 11 is 0. The van der Waals surface area contributed by atoms with Crippen LogP contribution in [0.4, 0.5) is 0 Å². The summed E-state index contributed by atoms with van der Waals surface area (Å²) < 4.78 is 8.94. The Bertz CT molecular complexity index is 2450. The van der Waals surface area contributed by atoms with Gasteiger partial charge in [-0.05, 0) is 142 Å². The van der Waals surface area contributed by atoms with Gasteiger partial charge < -0.3 is 18.7 Å². The molecule has 0 N–H and O–H groups in total. The highest BCUT2D eigenvalue weighted by molar-refractivity contribution is 5.74. The fraction of sp³-hybridized carbons (Fsp3) is 0.415. The first-order chi connectivity index (χ1) is 25.7. The number of para-hydroxylation sites is 3. The van der Waals surface area contributed by atoms with Gasteiger partial charge in [0.15, 0.2) is 11.2 Å². The number of rotatable bonds is 2. The lowest BCUT2D eigenvalue weighted by atomic mass is 10.1. The molecule has 56 heavy (non-hydrogen) atoms. The smallest absolute Gasteiger partial charge is 0.408 e. The number of hydrogen-bond acceptors (Lipinski definition) is 11. The van der Waals surface area contributed by atoms with Gasteiger partial charge in [-0.3, -0.25) is 4.57 Å². The lowest BCUT2D eigenvalue weighted by molar-refractivity contribution is -0.0304. The zero-order valence-electron chi connectivity index (χ0n) is 33.7. The highest BCUT2D eigenvalue weighted by Gasteiger charge is 2.21. The Morgan fingerprint density at radius 3 is 1.77 bits per heavy atom. The van der Waals surface area contributed by atoms with Crippen molar-refractivity contribution >= 4 is 44.5 Å². The maximum atomic E-state index is 11.6. The number of hydrogen-bond donors (Lipinski definition) is 0. The van der Waals surface area contributed by atoms with E-state index in [0.29, 0.717) is 11.2 Å². The van der Waals surface area contributed by atoms with Crippen molar-refractivity contribution in [1.29, 1.82) is 0 Å². The van der Waals surface area contributed by atoms with Crippen molar-refractivity contribution in [3.05, 3.63) is 102 Å². The van der Waals surface area contributed by atoms with Gasteiger partial charge >= 0.3 is 5.76 Å². The van der Waals surface area contributed by atoms with Gasteiger partial charge in [-0.15, -0.1) is 10.2 Å².